The summed E-state index contributed by atoms with van der Waals surface area (Å²) < 4.78 is 28.1. The molecule has 0 saturated carbocycles. The predicted octanol–water partition coefficient (Wildman–Crippen LogP) is 5.29. The number of amides is 1. The smallest absolute Gasteiger partial charge is 0.268 e. The molecule has 4 aromatic rings. The lowest BCUT2D eigenvalue weighted by molar-refractivity contribution is -0.111. The molecule has 5 nitrogen and oxygen atoms in total. The Hall–Kier alpha value is -3.16. The molecule has 1 N–H and O–H groups in total. The van der Waals surface area contributed by atoms with E-state index in [0.717, 1.165) is 15.4 Å². The Morgan fingerprint density at radius 1 is 0.900 bits per heavy atom. The number of nitrogens with zero attached hydrogens (tertiary/aromatic N) is 1. The summed E-state index contributed by atoms with van der Waals surface area (Å²) in [5.41, 5.74) is 2.01. The van der Waals surface area contributed by atoms with Crippen LogP contribution in [0.25, 0.3) is 17.0 Å². The van der Waals surface area contributed by atoms with Gasteiger partial charge in [-0.15, -0.1) is 0 Å². The second-order valence-electron chi connectivity index (χ2n) is 6.54. The summed E-state index contributed by atoms with van der Waals surface area (Å²) in [7, 11) is -3.73. The first-order valence-corrected chi connectivity index (χ1v) is 11.3. The Morgan fingerprint density at radius 3 is 2.37 bits per heavy atom. The van der Waals surface area contributed by atoms with Crippen molar-refractivity contribution in [1.82, 2.24) is 3.97 Å². The SMILES string of the molecule is O=C(C=Cc1ccccc1Br)Nc1ccc(S(=O)(=O)n2ccc3ccccc32)cc1. The minimum Gasteiger partial charge on any atom is -0.323 e. The van der Waals surface area contributed by atoms with Gasteiger partial charge in [-0.25, -0.2) is 12.4 Å². The van der Waals surface area contributed by atoms with Gasteiger partial charge in [0.15, 0.2) is 0 Å². The molecule has 0 radical (unpaired) electrons. The van der Waals surface area contributed by atoms with Crippen molar-refractivity contribution in [3.63, 3.8) is 0 Å². The highest BCUT2D eigenvalue weighted by atomic mass is 79.9. The fourth-order valence-corrected chi connectivity index (χ4v) is 4.82. The molecule has 0 aliphatic heterocycles. The number of para-hydroxylation sites is 1. The van der Waals surface area contributed by atoms with E-state index in [1.165, 1.54) is 22.2 Å². The standard InChI is InChI=1S/C23H17BrN2O3S/c24-21-7-3-1-5-17(21)9-14-23(27)25-19-10-12-20(13-11-19)30(28,29)26-16-15-18-6-2-4-8-22(18)26/h1-16H,(H,25,27). The van der Waals surface area contributed by atoms with E-state index in [1.54, 1.807) is 42.6 Å². The third-order valence-electron chi connectivity index (χ3n) is 4.56. The van der Waals surface area contributed by atoms with Gasteiger partial charge in [0.05, 0.1) is 10.4 Å². The van der Waals surface area contributed by atoms with Gasteiger partial charge in [-0.1, -0.05) is 52.3 Å². The van der Waals surface area contributed by atoms with Gasteiger partial charge in [0.25, 0.3) is 10.0 Å². The lowest BCUT2D eigenvalue weighted by Gasteiger charge is -2.09. The molecule has 1 heterocycles. The molecule has 1 amide bonds. The maximum absolute atomic E-state index is 13.0. The van der Waals surface area contributed by atoms with Crippen LogP contribution in [-0.2, 0) is 14.8 Å². The van der Waals surface area contributed by atoms with Crippen molar-refractivity contribution >= 4 is 54.5 Å². The summed E-state index contributed by atoms with van der Waals surface area (Å²) >= 11 is 3.43. The molecule has 0 aliphatic rings. The predicted molar refractivity (Wildman–Crippen MR) is 123 cm³/mol. The molecule has 0 unspecified atom stereocenters. The summed E-state index contributed by atoms with van der Waals surface area (Å²) in [6.45, 7) is 0. The van der Waals surface area contributed by atoms with E-state index in [-0.39, 0.29) is 10.8 Å². The molecular formula is C23H17BrN2O3S. The second kappa shape index (κ2) is 8.30. The first-order valence-electron chi connectivity index (χ1n) is 9.10. The number of carbonyl (C=O) groups is 1. The molecule has 150 valence electrons. The Balaban J connectivity index is 1.51. The molecule has 0 bridgehead atoms. The lowest BCUT2D eigenvalue weighted by atomic mass is 10.2. The van der Waals surface area contributed by atoms with Crippen LogP contribution in [0.4, 0.5) is 5.69 Å². The molecule has 4 rings (SSSR count). The minimum atomic E-state index is -3.73. The van der Waals surface area contributed by atoms with Crippen LogP contribution in [0.2, 0.25) is 0 Å². The number of benzene rings is 3. The minimum absolute atomic E-state index is 0.144. The zero-order valence-electron chi connectivity index (χ0n) is 15.7. The lowest BCUT2D eigenvalue weighted by Crippen LogP contribution is -2.12. The highest BCUT2D eigenvalue weighted by molar-refractivity contribution is 9.10. The van der Waals surface area contributed by atoms with E-state index in [1.807, 2.05) is 36.4 Å². The van der Waals surface area contributed by atoms with E-state index >= 15 is 0 Å². The average Bonchev–Trinajstić information content (AvgIpc) is 3.19. The van der Waals surface area contributed by atoms with Gasteiger partial charge >= 0.3 is 0 Å². The van der Waals surface area contributed by atoms with Crippen molar-refractivity contribution in [2.75, 3.05) is 5.32 Å². The van der Waals surface area contributed by atoms with Crippen LogP contribution in [0, 0.1) is 0 Å². The van der Waals surface area contributed by atoms with Crippen molar-refractivity contribution in [2.45, 2.75) is 4.90 Å². The number of halogens is 1. The topological polar surface area (TPSA) is 68.2 Å². The van der Waals surface area contributed by atoms with Crippen LogP contribution in [0.15, 0.2) is 101 Å². The third kappa shape index (κ3) is 4.08. The van der Waals surface area contributed by atoms with E-state index in [2.05, 4.69) is 21.2 Å². The van der Waals surface area contributed by atoms with Gasteiger partial charge in [0.1, 0.15) is 0 Å². The van der Waals surface area contributed by atoms with Gasteiger partial charge in [-0.3, -0.25) is 4.79 Å². The number of anilines is 1. The Morgan fingerprint density at radius 2 is 1.60 bits per heavy atom. The quantitative estimate of drug-likeness (QED) is 0.394. The zero-order chi connectivity index (χ0) is 21.1. The molecule has 3 aromatic carbocycles. The number of hydrogen-bond donors (Lipinski definition) is 1. The van der Waals surface area contributed by atoms with Crippen molar-refractivity contribution in [1.29, 1.82) is 0 Å². The normalized spacial score (nSPS) is 11.8. The van der Waals surface area contributed by atoms with Gasteiger partial charge in [0.2, 0.25) is 5.91 Å². The van der Waals surface area contributed by atoms with Crippen LogP contribution in [-0.4, -0.2) is 18.3 Å². The highest BCUT2D eigenvalue weighted by Gasteiger charge is 2.18. The summed E-state index contributed by atoms with van der Waals surface area (Å²) in [6, 6.07) is 22.7. The van der Waals surface area contributed by atoms with Crippen LogP contribution in [0.5, 0.6) is 0 Å². The fraction of sp³-hybridized carbons (Fsp3) is 0. The number of rotatable bonds is 5. The first-order chi connectivity index (χ1) is 14.4. The number of hydrogen-bond acceptors (Lipinski definition) is 3. The molecule has 30 heavy (non-hydrogen) atoms. The largest absolute Gasteiger partial charge is 0.323 e. The van der Waals surface area contributed by atoms with Crippen LogP contribution >= 0.6 is 15.9 Å². The van der Waals surface area contributed by atoms with Crippen LogP contribution in [0.3, 0.4) is 0 Å². The van der Waals surface area contributed by atoms with Gasteiger partial charge in [-0.2, -0.15) is 0 Å². The molecule has 0 aliphatic carbocycles. The first kappa shape index (κ1) is 20.1. The van der Waals surface area contributed by atoms with Crippen molar-refractivity contribution in [3.8, 4) is 0 Å². The number of carbonyl (C=O) groups excluding carboxylic acids is 1. The number of aromatic nitrogens is 1. The maximum atomic E-state index is 13.0. The summed E-state index contributed by atoms with van der Waals surface area (Å²) in [5, 5.41) is 3.58. The fourth-order valence-electron chi connectivity index (χ4n) is 3.05. The van der Waals surface area contributed by atoms with Crippen molar-refractivity contribution < 1.29 is 13.2 Å². The van der Waals surface area contributed by atoms with Crippen LogP contribution in [0.1, 0.15) is 5.56 Å². The number of nitrogens with one attached hydrogen (secondary N) is 1. The number of fused-ring (bicyclic) bond motifs is 1. The molecule has 0 atom stereocenters. The van der Waals surface area contributed by atoms with Crippen molar-refractivity contribution in [3.05, 3.63) is 101 Å². The monoisotopic (exact) mass is 480 g/mol. The Bertz CT molecular complexity index is 1360. The summed E-state index contributed by atoms with van der Waals surface area (Å²) in [5.74, 6) is -0.308. The van der Waals surface area contributed by atoms with E-state index in [9.17, 15) is 13.2 Å². The van der Waals surface area contributed by atoms with Crippen molar-refractivity contribution in [2.24, 2.45) is 0 Å². The van der Waals surface area contributed by atoms with Crippen LogP contribution < -0.4 is 5.32 Å². The summed E-state index contributed by atoms with van der Waals surface area (Å²) in [6.07, 6.45) is 4.67. The van der Waals surface area contributed by atoms with Gasteiger partial charge in [-0.05, 0) is 54.1 Å². The molecule has 0 spiro atoms. The average molecular weight is 481 g/mol. The van der Waals surface area contributed by atoms with E-state index < -0.39 is 10.0 Å². The highest BCUT2D eigenvalue weighted by Crippen LogP contribution is 2.23. The molecule has 7 heteroatoms. The molecule has 0 fully saturated rings. The summed E-state index contributed by atoms with van der Waals surface area (Å²) in [4.78, 5) is 12.3. The van der Waals surface area contributed by atoms with Gasteiger partial charge in [0, 0.05) is 27.8 Å². The maximum Gasteiger partial charge on any atom is 0.268 e. The van der Waals surface area contributed by atoms with Gasteiger partial charge < -0.3 is 5.32 Å². The second-order valence-corrected chi connectivity index (χ2v) is 9.21. The Kier molecular flexibility index (Phi) is 5.57. The third-order valence-corrected chi connectivity index (χ3v) is 6.99. The van der Waals surface area contributed by atoms with E-state index in [0.29, 0.717) is 11.2 Å². The molecule has 1 aromatic heterocycles. The van der Waals surface area contributed by atoms with E-state index in [4.69, 9.17) is 0 Å². The molecular weight excluding hydrogens is 464 g/mol. The Labute approximate surface area is 182 Å². The molecule has 0 saturated heterocycles. The zero-order valence-corrected chi connectivity index (χ0v) is 18.1.